The molecule has 0 aliphatic rings. The van der Waals surface area contributed by atoms with Gasteiger partial charge in [-0.2, -0.15) is 0 Å². The zero-order chi connectivity index (χ0) is 17.3. The summed E-state index contributed by atoms with van der Waals surface area (Å²) < 4.78 is 1.33. The smallest absolute Gasteiger partial charge is 0.338 e. The van der Waals surface area contributed by atoms with Gasteiger partial charge >= 0.3 is 11.9 Å². The highest BCUT2D eigenvalue weighted by molar-refractivity contribution is 6.15. The zero-order valence-electron chi connectivity index (χ0n) is 12.5. The van der Waals surface area contributed by atoms with Crippen LogP contribution in [0, 0.1) is 0 Å². The SMILES string of the molecule is O=C(O)c1c(C(=O)O)c2ccccn2c1C(=O)Cc1ccccc1. The predicted molar refractivity (Wildman–Crippen MR) is 85.8 cm³/mol. The molecule has 3 rings (SSSR count). The van der Waals surface area contributed by atoms with Crippen LogP contribution in [-0.4, -0.2) is 32.3 Å². The summed E-state index contributed by atoms with van der Waals surface area (Å²) in [5.41, 5.74) is -0.0751. The number of aromatic nitrogens is 1. The highest BCUT2D eigenvalue weighted by Gasteiger charge is 2.30. The normalized spacial score (nSPS) is 10.7. The maximum absolute atomic E-state index is 12.7. The lowest BCUT2D eigenvalue weighted by Gasteiger charge is -2.04. The van der Waals surface area contributed by atoms with Crippen LogP contribution in [0.25, 0.3) is 5.52 Å². The molecular weight excluding hydrogens is 310 g/mol. The van der Waals surface area contributed by atoms with Crippen LogP contribution in [0.5, 0.6) is 0 Å². The van der Waals surface area contributed by atoms with Gasteiger partial charge in [-0.05, 0) is 17.7 Å². The van der Waals surface area contributed by atoms with Crippen LogP contribution in [0.15, 0.2) is 54.7 Å². The molecule has 6 nitrogen and oxygen atoms in total. The average molecular weight is 323 g/mol. The monoisotopic (exact) mass is 323 g/mol. The second-order valence-electron chi connectivity index (χ2n) is 5.25. The van der Waals surface area contributed by atoms with Crippen LogP contribution in [0.4, 0.5) is 0 Å². The number of nitrogens with zero attached hydrogens (tertiary/aromatic N) is 1. The second kappa shape index (κ2) is 6.00. The van der Waals surface area contributed by atoms with Crippen molar-refractivity contribution in [1.29, 1.82) is 0 Å². The number of benzene rings is 1. The van der Waals surface area contributed by atoms with Crippen LogP contribution in [0.2, 0.25) is 0 Å². The van der Waals surface area contributed by atoms with Crippen LogP contribution in [-0.2, 0) is 6.42 Å². The average Bonchev–Trinajstić information content (AvgIpc) is 2.91. The molecule has 0 aliphatic carbocycles. The van der Waals surface area contributed by atoms with Gasteiger partial charge in [0.05, 0.1) is 5.52 Å². The van der Waals surface area contributed by atoms with E-state index in [1.807, 2.05) is 6.07 Å². The number of carboxylic acids is 2. The number of hydrogen-bond acceptors (Lipinski definition) is 3. The molecule has 0 amide bonds. The van der Waals surface area contributed by atoms with E-state index < -0.39 is 23.3 Å². The lowest BCUT2D eigenvalue weighted by Crippen LogP contribution is -2.14. The number of aromatic carboxylic acids is 2. The molecule has 3 aromatic rings. The van der Waals surface area contributed by atoms with Crippen molar-refractivity contribution in [3.05, 3.63) is 77.1 Å². The molecule has 0 saturated carbocycles. The lowest BCUT2D eigenvalue weighted by atomic mass is 10.0. The summed E-state index contributed by atoms with van der Waals surface area (Å²) in [7, 11) is 0. The number of hydrogen-bond donors (Lipinski definition) is 2. The minimum Gasteiger partial charge on any atom is -0.478 e. The van der Waals surface area contributed by atoms with E-state index in [4.69, 9.17) is 0 Å². The number of carbonyl (C=O) groups is 3. The number of rotatable bonds is 5. The first-order chi connectivity index (χ1) is 11.5. The van der Waals surface area contributed by atoms with Crippen molar-refractivity contribution < 1.29 is 24.6 Å². The van der Waals surface area contributed by atoms with Gasteiger partial charge in [0, 0.05) is 12.6 Å². The molecular formula is C18H13NO5. The fraction of sp³-hybridized carbons (Fsp3) is 0.0556. The zero-order valence-corrected chi connectivity index (χ0v) is 12.5. The van der Waals surface area contributed by atoms with Gasteiger partial charge in [-0.25, -0.2) is 9.59 Å². The van der Waals surface area contributed by atoms with Gasteiger partial charge < -0.3 is 14.6 Å². The van der Waals surface area contributed by atoms with E-state index in [2.05, 4.69) is 0 Å². The number of ketones is 1. The van der Waals surface area contributed by atoms with Gasteiger partial charge in [0.15, 0.2) is 5.78 Å². The largest absolute Gasteiger partial charge is 0.478 e. The summed E-state index contributed by atoms with van der Waals surface area (Å²) in [5.74, 6) is -3.27. The molecule has 0 aliphatic heterocycles. The summed E-state index contributed by atoms with van der Waals surface area (Å²) in [6, 6.07) is 13.6. The number of carbonyl (C=O) groups excluding carboxylic acids is 1. The predicted octanol–water partition coefficient (Wildman–Crippen LogP) is 2.76. The van der Waals surface area contributed by atoms with Crippen molar-refractivity contribution in [2.24, 2.45) is 0 Å². The highest BCUT2D eigenvalue weighted by Crippen LogP contribution is 2.25. The van der Waals surface area contributed by atoms with Gasteiger partial charge in [-0.1, -0.05) is 36.4 Å². The van der Waals surface area contributed by atoms with Crippen molar-refractivity contribution >= 4 is 23.2 Å². The van der Waals surface area contributed by atoms with Gasteiger partial charge in [0.2, 0.25) is 0 Å². The third kappa shape index (κ3) is 2.54. The Balaban J connectivity index is 2.23. The molecule has 0 fully saturated rings. The molecule has 2 heterocycles. The van der Waals surface area contributed by atoms with E-state index >= 15 is 0 Å². The van der Waals surface area contributed by atoms with Gasteiger partial charge in [0.1, 0.15) is 16.8 Å². The maximum Gasteiger partial charge on any atom is 0.338 e. The number of pyridine rings is 1. The Morgan fingerprint density at radius 1 is 0.833 bits per heavy atom. The highest BCUT2D eigenvalue weighted by atomic mass is 16.4. The Kier molecular flexibility index (Phi) is 3.87. The molecule has 0 atom stereocenters. The lowest BCUT2D eigenvalue weighted by molar-refractivity contribution is 0.0652. The third-order valence-corrected chi connectivity index (χ3v) is 3.74. The summed E-state index contributed by atoms with van der Waals surface area (Å²) in [5, 5.41) is 18.9. The van der Waals surface area contributed by atoms with Gasteiger partial charge in [0.25, 0.3) is 0 Å². The Hall–Kier alpha value is -3.41. The second-order valence-corrected chi connectivity index (χ2v) is 5.25. The van der Waals surface area contributed by atoms with Gasteiger partial charge in [-0.3, -0.25) is 4.79 Å². The fourth-order valence-corrected chi connectivity index (χ4v) is 2.77. The van der Waals surface area contributed by atoms with Crippen LogP contribution < -0.4 is 0 Å². The van der Waals surface area contributed by atoms with Crippen LogP contribution in [0.1, 0.15) is 36.8 Å². The van der Waals surface area contributed by atoms with Crippen molar-refractivity contribution in [3.8, 4) is 0 Å². The number of carboxylic acid groups (broad SMARTS) is 2. The first-order valence-electron chi connectivity index (χ1n) is 7.17. The summed E-state index contributed by atoms with van der Waals surface area (Å²) in [4.78, 5) is 35.9. The molecule has 0 saturated heterocycles. The van der Waals surface area contributed by atoms with E-state index in [-0.39, 0.29) is 23.2 Å². The first kappa shape index (κ1) is 15.5. The Bertz CT molecular complexity index is 956. The van der Waals surface area contributed by atoms with E-state index in [0.717, 1.165) is 5.56 Å². The molecule has 0 spiro atoms. The minimum atomic E-state index is -1.44. The summed E-state index contributed by atoms with van der Waals surface area (Å²) in [6.07, 6.45) is 1.48. The maximum atomic E-state index is 12.7. The summed E-state index contributed by atoms with van der Waals surface area (Å²) >= 11 is 0. The third-order valence-electron chi connectivity index (χ3n) is 3.74. The molecule has 24 heavy (non-hydrogen) atoms. The fourth-order valence-electron chi connectivity index (χ4n) is 2.77. The Morgan fingerprint density at radius 2 is 1.46 bits per heavy atom. The van der Waals surface area contributed by atoms with Crippen molar-refractivity contribution in [1.82, 2.24) is 4.40 Å². The minimum absolute atomic E-state index is 0.0127. The molecule has 0 unspecified atom stereocenters. The van der Waals surface area contributed by atoms with E-state index in [0.29, 0.717) is 0 Å². The first-order valence-corrected chi connectivity index (χ1v) is 7.17. The number of Topliss-reactive ketones (excluding diaryl/α,β-unsaturated/α-hetero) is 1. The molecule has 120 valence electrons. The number of fused-ring (bicyclic) bond motifs is 1. The van der Waals surface area contributed by atoms with Gasteiger partial charge in [-0.15, -0.1) is 0 Å². The molecule has 2 N–H and O–H groups in total. The van der Waals surface area contributed by atoms with Crippen LogP contribution >= 0.6 is 0 Å². The van der Waals surface area contributed by atoms with E-state index in [9.17, 15) is 24.6 Å². The van der Waals surface area contributed by atoms with E-state index in [1.54, 1.807) is 36.4 Å². The standard InChI is InChI=1S/C18H13NO5/c20-13(10-11-6-2-1-3-7-11)16-15(18(23)24)14(17(21)22)12-8-4-5-9-19(12)16/h1-9H,10H2,(H,21,22)(H,23,24). The quantitative estimate of drug-likeness (QED) is 0.704. The van der Waals surface area contributed by atoms with E-state index in [1.165, 1.54) is 16.7 Å². The molecule has 0 bridgehead atoms. The van der Waals surface area contributed by atoms with Crippen molar-refractivity contribution in [3.63, 3.8) is 0 Å². The molecule has 2 aromatic heterocycles. The summed E-state index contributed by atoms with van der Waals surface area (Å²) in [6.45, 7) is 0. The van der Waals surface area contributed by atoms with Crippen LogP contribution in [0.3, 0.4) is 0 Å². The van der Waals surface area contributed by atoms with Crippen molar-refractivity contribution in [2.75, 3.05) is 0 Å². The Labute approximate surface area is 136 Å². The molecule has 1 aromatic carbocycles. The topological polar surface area (TPSA) is 96.1 Å². The Morgan fingerprint density at radius 3 is 2.08 bits per heavy atom. The molecule has 0 radical (unpaired) electrons. The molecule has 6 heteroatoms. The van der Waals surface area contributed by atoms with Crippen molar-refractivity contribution in [2.45, 2.75) is 6.42 Å².